The number of carbonyl (C=O) groups is 2. The molecule has 0 aliphatic heterocycles. The van der Waals surface area contributed by atoms with Gasteiger partial charge in [0.1, 0.15) is 11.2 Å². The van der Waals surface area contributed by atoms with Crippen molar-refractivity contribution < 1.29 is 14.7 Å². The molecule has 0 saturated heterocycles. The van der Waals surface area contributed by atoms with Crippen molar-refractivity contribution in [2.24, 2.45) is 0 Å². The Balaban J connectivity index is 1.89. The van der Waals surface area contributed by atoms with Gasteiger partial charge in [-0.15, -0.1) is 0 Å². The average molecular weight is 362 g/mol. The smallest absolute Gasteiger partial charge is 0.330 e. The Morgan fingerprint density at radius 2 is 1.96 bits per heavy atom. The monoisotopic (exact) mass is 361 g/mol. The van der Waals surface area contributed by atoms with Crippen LogP contribution in [0.1, 0.15) is 23.2 Å². The molecule has 1 amide bonds. The first-order chi connectivity index (χ1) is 11.9. The zero-order valence-electron chi connectivity index (χ0n) is 13.4. The topological polar surface area (TPSA) is 100 Å². The molecule has 1 heterocycles. The summed E-state index contributed by atoms with van der Waals surface area (Å²) in [5.41, 5.74) is -0.756. The number of anilines is 2. The Morgan fingerprint density at radius 1 is 1.24 bits per heavy atom. The number of aliphatic carboxylic acids is 1. The summed E-state index contributed by atoms with van der Waals surface area (Å²) in [6, 6.07) is 7.71. The number of carboxylic acids is 1. The first-order valence-electron chi connectivity index (χ1n) is 7.63. The van der Waals surface area contributed by atoms with Crippen LogP contribution in [0, 0.1) is 0 Å². The summed E-state index contributed by atoms with van der Waals surface area (Å²) in [6.07, 6.45) is 2.21. The summed E-state index contributed by atoms with van der Waals surface area (Å²) < 4.78 is 1.17. The maximum absolute atomic E-state index is 12.5. The number of rotatable bonds is 5. The van der Waals surface area contributed by atoms with Gasteiger partial charge in [0.25, 0.3) is 11.5 Å². The second-order valence-electron chi connectivity index (χ2n) is 5.83. The molecule has 25 heavy (non-hydrogen) atoms. The number of nitrogens with one attached hydrogen (secondary N) is 2. The molecule has 3 rings (SSSR count). The minimum Gasteiger partial charge on any atom is -0.479 e. The van der Waals surface area contributed by atoms with Crippen LogP contribution in [0.4, 0.5) is 11.4 Å². The summed E-state index contributed by atoms with van der Waals surface area (Å²) >= 11 is 6.06. The van der Waals surface area contributed by atoms with Crippen LogP contribution in [0.15, 0.2) is 41.3 Å². The molecular weight excluding hydrogens is 346 g/mol. The average Bonchev–Trinajstić information content (AvgIpc) is 3.38. The van der Waals surface area contributed by atoms with Crippen LogP contribution in [0.2, 0.25) is 5.02 Å². The Hall–Kier alpha value is -2.80. The minimum absolute atomic E-state index is 0.0221. The fourth-order valence-electron chi connectivity index (χ4n) is 2.66. The van der Waals surface area contributed by atoms with E-state index in [2.05, 4.69) is 10.6 Å². The summed E-state index contributed by atoms with van der Waals surface area (Å²) in [5.74, 6) is -1.55. The predicted octanol–water partition coefficient (Wildman–Crippen LogP) is 2.37. The lowest BCUT2D eigenvalue weighted by Crippen LogP contribution is -2.37. The third-order valence-corrected chi connectivity index (χ3v) is 4.59. The highest BCUT2D eigenvalue weighted by molar-refractivity contribution is 6.33. The largest absolute Gasteiger partial charge is 0.479 e. The summed E-state index contributed by atoms with van der Waals surface area (Å²) in [4.78, 5) is 36.3. The zero-order valence-corrected chi connectivity index (χ0v) is 14.1. The number of carbonyl (C=O) groups excluding carboxylic acids is 1. The highest BCUT2D eigenvalue weighted by atomic mass is 35.5. The van der Waals surface area contributed by atoms with E-state index >= 15 is 0 Å². The van der Waals surface area contributed by atoms with Crippen molar-refractivity contribution in [3.8, 4) is 0 Å². The number of nitrogens with zero attached hydrogens (tertiary/aromatic N) is 1. The number of pyridine rings is 1. The molecule has 8 heteroatoms. The van der Waals surface area contributed by atoms with Crippen molar-refractivity contribution in [3.63, 3.8) is 0 Å². The summed E-state index contributed by atoms with van der Waals surface area (Å²) in [6.45, 7) is 0. The number of amides is 1. The van der Waals surface area contributed by atoms with E-state index in [1.54, 1.807) is 19.2 Å². The molecule has 0 atom stereocenters. The van der Waals surface area contributed by atoms with Crippen molar-refractivity contribution >= 4 is 34.9 Å². The molecule has 1 fully saturated rings. The number of halogens is 1. The molecular formula is C17H16ClN3O4. The third kappa shape index (κ3) is 2.98. The third-order valence-electron chi connectivity index (χ3n) is 4.28. The lowest BCUT2D eigenvalue weighted by Gasteiger charge is -2.15. The fourth-order valence-corrected chi connectivity index (χ4v) is 2.93. The van der Waals surface area contributed by atoms with Crippen molar-refractivity contribution in [2.45, 2.75) is 18.4 Å². The van der Waals surface area contributed by atoms with E-state index in [0.29, 0.717) is 23.6 Å². The lowest BCUT2D eigenvalue weighted by atomic mass is 10.2. The Labute approximate surface area is 148 Å². The van der Waals surface area contributed by atoms with Crippen LogP contribution in [0.3, 0.4) is 0 Å². The second-order valence-corrected chi connectivity index (χ2v) is 6.24. The molecule has 0 radical (unpaired) electrons. The molecule has 1 aromatic carbocycles. The number of aromatic nitrogens is 1. The van der Waals surface area contributed by atoms with Gasteiger partial charge in [-0.25, -0.2) is 4.79 Å². The van der Waals surface area contributed by atoms with E-state index in [1.807, 2.05) is 0 Å². The molecule has 0 spiro atoms. The molecule has 0 unspecified atom stereocenters. The molecule has 3 N–H and O–H groups in total. The van der Waals surface area contributed by atoms with Crippen molar-refractivity contribution in [1.29, 1.82) is 0 Å². The number of carboxylic acid groups (broad SMARTS) is 1. The first-order valence-corrected chi connectivity index (χ1v) is 8.01. The Kier molecular flexibility index (Phi) is 4.26. The van der Waals surface area contributed by atoms with Crippen molar-refractivity contribution in [3.05, 3.63) is 57.5 Å². The zero-order chi connectivity index (χ0) is 18.2. The van der Waals surface area contributed by atoms with Gasteiger partial charge in [0.2, 0.25) is 0 Å². The van der Waals surface area contributed by atoms with Gasteiger partial charge in [-0.1, -0.05) is 11.6 Å². The maximum atomic E-state index is 12.5. The normalized spacial score (nSPS) is 14.6. The van der Waals surface area contributed by atoms with Crippen LogP contribution in [0.25, 0.3) is 0 Å². The van der Waals surface area contributed by atoms with Gasteiger partial charge in [-0.2, -0.15) is 0 Å². The Bertz CT molecular complexity index is 918. The molecule has 0 bridgehead atoms. The highest BCUT2D eigenvalue weighted by Crippen LogP contribution is 2.42. The summed E-state index contributed by atoms with van der Waals surface area (Å²) in [7, 11) is 1.71. The van der Waals surface area contributed by atoms with Gasteiger partial charge in [-0.05, 0) is 43.2 Å². The van der Waals surface area contributed by atoms with Gasteiger partial charge in [0.15, 0.2) is 0 Å². The lowest BCUT2D eigenvalue weighted by molar-refractivity contribution is -0.142. The van der Waals surface area contributed by atoms with Crippen molar-refractivity contribution in [2.75, 3.05) is 17.7 Å². The molecule has 1 aromatic heterocycles. The van der Waals surface area contributed by atoms with E-state index in [0.717, 1.165) is 0 Å². The van der Waals surface area contributed by atoms with Crippen LogP contribution in [0.5, 0.6) is 0 Å². The first kappa shape index (κ1) is 17.0. The number of benzene rings is 1. The van der Waals surface area contributed by atoms with E-state index in [9.17, 15) is 19.5 Å². The number of hydrogen-bond acceptors (Lipinski definition) is 4. The fraction of sp³-hybridized carbons (Fsp3) is 0.235. The van der Waals surface area contributed by atoms with Crippen LogP contribution >= 0.6 is 11.6 Å². The molecule has 130 valence electrons. The van der Waals surface area contributed by atoms with Crippen LogP contribution in [-0.2, 0) is 10.3 Å². The maximum Gasteiger partial charge on any atom is 0.330 e. The molecule has 7 nitrogen and oxygen atoms in total. The van der Waals surface area contributed by atoms with Gasteiger partial charge < -0.3 is 15.7 Å². The van der Waals surface area contributed by atoms with E-state index in [1.165, 1.54) is 29.0 Å². The van der Waals surface area contributed by atoms with Crippen LogP contribution in [-0.4, -0.2) is 28.6 Å². The Morgan fingerprint density at radius 3 is 2.52 bits per heavy atom. The van der Waals surface area contributed by atoms with Crippen LogP contribution < -0.4 is 16.2 Å². The van der Waals surface area contributed by atoms with E-state index in [4.69, 9.17) is 11.6 Å². The van der Waals surface area contributed by atoms with Crippen molar-refractivity contribution in [1.82, 2.24) is 4.57 Å². The molecule has 2 aromatic rings. The number of hydrogen-bond donors (Lipinski definition) is 3. The summed E-state index contributed by atoms with van der Waals surface area (Å²) in [5, 5.41) is 15.1. The molecule has 1 aliphatic carbocycles. The molecule has 1 saturated carbocycles. The predicted molar refractivity (Wildman–Crippen MR) is 94.5 cm³/mol. The highest BCUT2D eigenvalue weighted by Gasteiger charge is 2.52. The van der Waals surface area contributed by atoms with Gasteiger partial charge in [0.05, 0.1) is 10.7 Å². The molecule has 1 aliphatic rings. The second kappa shape index (κ2) is 6.25. The van der Waals surface area contributed by atoms with Gasteiger partial charge in [-0.3, -0.25) is 14.2 Å². The minimum atomic E-state index is -1.20. The standard InChI is InChI=1S/C17H16ClN3O4/c1-19-12-5-4-10(9-11(12)18)14(22)20-13-3-2-8-21(15(13)23)17(6-7-17)16(24)25/h2-5,8-9,19H,6-7H2,1H3,(H,20,22)(H,24,25). The van der Waals surface area contributed by atoms with E-state index in [-0.39, 0.29) is 11.3 Å². The quantitative estimate of drug-likeness (QED) is 0.759. The van der Waals surface area contributed by atoms with Gasteiger partial charge >= 0.3 is 5.97 Å². The van der Waals surface area contributed by atoms with Gasteiger partial charge in [0, 0.05) is 18.8 Å². The SMILES string of the molecule is CNc1ccc(C(=O)Nc2cccn(C3(C(=O)O)CC3)c2=O)cc1Cl. The van der Waals surface area contributed by atoms with E-state index < -0.39 is 23.0 Å².